The van der Waals surface area contributed by atoms with Gasteiger partial charge in [0, 0.05) is 34.8 Å². The van der Waals surface area contributed by atoms with E-state index in [1.165, 1.54) is 18.3 Å². The molecule has 0 saturated heterocycles. The van der Waals surface area contributed by atoms with Gasteiger partial charge in [-0.05, 0) is 66.5 Å². The number of hydrogen-bond donors (Lipinski definition) is 3. The topological polar surface area (TPSA) is 131 Å². The molecule has 2 atom stereocenters. The lowest BCUT2D eigenvalue weighted by atomic mass is 9.95. The highest BCUT2D eigenvalue weighted by atomic mass is 32.1. The maximum Gasteiger partial charge on any atom is 0.325 e. The second-order valence-electron chi connectivity index (χ2n) is 13.1. The van der Waals surface area contributed by atoms with Crippen molar-refractivity contribution in [3.05, 3.63) is 88.4 Å². The van der Waals surface area contributed by atoms with Gasteiger partial charge in [0.25, 0.3) is 5.91 Å². The van der Waals surface area contributed by atoms with Gasteiger partial charge >= 0.3 is 5.97 Å². The third-order valence-electron chi connectivity index (χ3n) is 7.61. The first-order valence-electron chi connectivity index (χ1n) is 15.9. The Morgan fingerprint density at radius 1 is 0.851 bits per heavy atom. The number of nitrogens with one attached hydrogen (secondary N) is 2. The molecule has 0 aliphatic heterocycles. The normalized spacial score (nSPS) is 12.7. The van der Waals surface area contributed by atoms with Crippen LogP contribution in [-0.4, -0.2) is 51.5 Å². The average molecular weight is 657 g/mol. The summed E-state index contributed by atoms with van der Waals surface area (Å²) in [6, 6.07) is 16.9. The Hall–Kier alpha value is -4.57. The van der Waals surface area contributed by atoms with E-state index < -0.39 is 24.0 Å². The summed E-state index contributed by atoms with van der Waals surface area (Å²) in [6.07, 6.45) is 5.90. The second kappa shape index (κ2) is 15.8. The zero-order chi connectivity index (χ0) is 34.1. The number of ether oxygens (including phenoxy) is 1. The molecular weight excluding hydrogens is 612 g/mol. The monoisotopic (exact) mass is 656 g/mol. The third-order valence-corrected chi connectivity index (χ3v) is 9.12. The van der Waals surface area contributed by atoms with Crippen LogP contribution in [0, 0.1) is 5.92 Å². The van der Waals surface area contributed by atoms with Gasteiger partial charge in [0.2, 0.25) is 5.91 Å². The average Bonchev–Trinajstić information content (AvgIpc) is 3.55. The van der Waals surface area contributed by atoms with E-state index in [-0.39, 0.29) is 17.7 Å². The van der Waals surface area contributed by atoms with Crippen LogP contribution in [-0.2, 0) is 21.4 Å². The smallest absolute Gasteiger partial charge is 0.325 e. The molecule has 3 N–H and O–H groups in total. The van der Waals surface area contributed by atoms with Gasteiger partial charge in [0.15, 0.2) is 5.82 Å². The van der Waals surface area contributed by atoms with E-state index in [1.807, 2.05) is 54.6 Å². The summed E-state index contributed by atoms with van der Waals surface area (Å²) in [5.41, 5.74) is 3.33. The van der Waals surface area contributed by atoms with Gasteiger partial charge in [-0.1, -0.05) is 71.0 Å². The fraction of sp³-hybridized carbons (Fsp3) is 0.378. The van der Waals surface area contributed by atoms with Gasteiger partial charge in [-0.15, -0.1) is 11.3 Å². The quantitative estimate of drug-likeness (QED) is 0.126. The lowest BCUT2D eigenvalue weighted by molar-refractivity contribution is -0.141. The molecule has 0 aliphatic carbocycles. The highest BCUT2D eigenvalue weighted by Gasteiger charge is 2.26. The van der Waals surface area contributed by atoms with Crippen LogP contribution >= 0.6 is 11.3 Å². The molecule has 4 rings (SSSR count). The van der Waals surface area contributed by atoms with E-state index in [9.17, 15) is 19.5 Å². The number of aliphatic carboxylic acids is 1. The number of aromatic nitrogens is 2. The van der Waals surface area contributed by atoms with Crippen LogP contribution < -0.4 is 15.4 Å². The summed E-state index contributed by atoms with van der Waals surface area (Å²) in [4.78, 5) is 48.3. The number of benzene rings is 2. The number of nitrogens with zero attached hydrogens (tertiary/aromatic N) is 2. The van der Waals surface area contributed by atoms with Gasteiger partial charge in [0.1, 0.15) is 17.8 Å². The lowest BCUT2D eigenvalue weighted by Gasteiger charge is -2.20. The number of amides is 2. The SMILES string of the molecule is CC(C)CCCOc1ccc(-c2cnc(-c3ccc(C[C@H](NC(=O)c4ccc(C(C)(C)C)s4)C(=O)N[C@H](C)C(=O)O)cc3)nc2)cc1. The second-order valence-corrected chi connectivity index (χ2v) is 14.2. The molecule has 47 heavy (non-hydrogen) atoms. The molecule has 0 radical (unpaired) electrons. The minimum Gasteiger partial charge on any atom is -0.494 e. The fourth-order valence-electron chi connectivity index (χ4n) is 4.75. The largest absolute Gasteiger partial charge is 0.494 e. The Kier molecular flexibility index (Phi) is 11.9. The summed E-state index contributed by atoms with van der Waals surface area (Å²) >= 11 is 1.37. The first-order chi connectivity index (χ1) is 22.3. The van der Waals surface area contributed by atoms with Crippen molar-refractivity contribution in [2.45, 2.75) is 78.3 Å². The van der Waals surface area contributed by atoms with Crippen molar-refractivity contribution in [2.24, 2.45) is 5.92 Å². The molecule has 0 spiro atoms. The van der Waals surface area contributed by atoms with Crippen LogP contribution in [0.3, 0.4) is 0 Å². The van der Waals surface area contributed by atoms with Crippen LogP contribution in [0.2, 0.25) is 0 Å². The Bertz CT molecular complexity index is 1640. The molecule has 0 bridgehead atoms. The van der Waals surface area contributed by atoms with Crippen molar-refractivity contribution in [3.8, 4) is 28.3 Å². The zero-order valence-electron chi connectivity index (χ0n) is 27.9. The molecule has 0 unspecified atom stereocenters. The van der Waals surface area contributed by atoms with Crippen molar-refractivity contribution in [3.63, 3.8) is 0 Å². The van der Waals surface area contributed by atoms with E-state index in [4.69, 9.17) is 4.74 Å². The fourth-order valence-corrected chi connectivity index (χ4v) is 5.72. The first kappa shape index (κ1) is 35.3. The van der Waals surface area contributed by atoms with Crippen molar-refractivity contribution in [2.75, 3.05) is 6.61 Å². The van der Waals surface area contributed by atoms with Crippen molar-refractivity contribution >= 4 is 29.1 Å². The molecule has 248 valence electrons. The predicted octanol–water partition coefficient (Wildman–Crippen LogP) is 6.92. The number of carboxylic acids is 1. The Morgan fingerprint density at radius 3 is 2.06 bits per heavy atom. The molecule has 9 nitrogen and oxygen atoms in total. The number of carboxylic acid groups (broad SMARTS) is 1. The van der Waals surface area contributed by atoms with Crippen molar-refractivity contribution < 1.29 is 24.2 Å². The molecule has 0 fully saturated rings. The van der Waals surface area contributed by atoms with Crippen molar-refractivity contribution in [1.82, 2.24) is 20.6 Å². The Labute approximate surface area is 280 Å². The number of carbonyl (C=O) groups is 3. The maximum absolute atomic E-state index is 13.1. The minimum absolute atomic E-state index is 0.115. The number of rotatable bonds is 14. The Morgan fingerprint density at radius 2 is 1.49 bits per heavy atom. The van der Waals surface area contributed by atoms with E-state index in [0.29, 0.717) is 23.2 Å². The molecule has 2 heterocycles. The van der Waals surface area contributed by atoms with E-state index in [0.717, 1.165) is 45.7 Å². The van der Waals surface area contributed by atoms with Gasteiger partial charge in [-0.3, -0.25) is 14.4 Å². The number of hydrogen-bond acceptors (Lipinski definition) is 7. The summed E-state index contributed by atoms with van der Waals surface area (Å²) in [5.74, 6) is -0.0630. The van der Waals surface area contributed by atoms with Gasteiger partial charge in [-0.25, -0.2) is 9.97 Å². The predicted molar refractivity (Wildman–Crippen MR) is 186 cm³/mol. The zero-order valence-corrected chi connectivity index (χ0v) is 28.7. The number of thiophene rings is 1. The Balaban J connectivity index is 1.42. The minimum atomic E-state index is -1.16. The molecule has 4 aromatic rings. The van der Waals surface area contributed by atoms with Gasteiger partial charge in [-0.2, -0.15) is 0 Å². The molecule has 2 amide bonds. The highest BCUT2D eigenvalue weighted by molar-refractivity contribution is 7.14. The van der Waals surface area contributed by atoms with E-state index >= 15 is 0 Å². The standard InChI is InChI=1S/C37H44N4O5S/c1-23(2)8-7-19-46-29-15-13-26(14-16-29)28-21-38-33(39-22-28)27-11-9-25(10-12-27)20-30(34(42)40-24(3)36(44)45)41-35(43)31-17-18-32(47-31)37(4,5)6/h9-18,21-24,30H,7-8,19-20H2,1-6H3,(H,40,42)(H,41,43)(H,44,45)/t24-,30+/m1/s1. The molecule has 2 aromatic heterocycles. The van der Waals surface area contributed by atoms with Gasteiger partial charge < -0.3 is 20.5 Å². The highest BCUT2D eigenvalue weighted by Crippen LogP contribution is 2.29. The van der Waals surface area contributed by atoms with Crippen LogP contribution in [0.1, 0.15) is 74.5 Å². The van der Waals surface area contributed by atoms with Crippen LogP contribution in [0.15, 0.2) is 73.1 Å². The first-order valence-corrected chi connectivity index (χ1v) is 16.7. The third kappa shape index (κ3) is 10.2. The molecular formula is C37H44N4O5S. The molecule has 0 aliphatic rings. The molecule has 10 heteroatoms. The summed E-state index contributed by atoms with van der Waals surface area (Å²) < 4.78 is 5.85. The van der Waals surface area contributed by atoms with Crippen molar-refractivity contribution in [1.29, 1.82) is 0 Å². The lowest BCUT2D eigenvalue weighted by Crippen LogP contribution is -2.51. The van der Waals surface area contributed by atoms with E-state index in [1.54, 1.807) is 18.5 Å². The summed E-state index contributed by atoms with van der Waals surface area (Å²) in [7, 11) is 0. The summed E-state index contributed by atoms with van der Waals surface area (Å²) in [5, 5.41) is 14.6. The molecule has 2 aromatic carbocycles. The number of carbonyl (C=O) groups excluding carboxylic acids is 2. The van der Waals surface area contributed by atoms with Gasteiger partial charge in [0.05, 0.1) is 11.5 Å². The van der Waals surface area contributed by atoms with E-state index in [2.05, 4.69) is 55.2 Å². The van der Waals surface area contributed by atoms with Crippen LogP contribution in [0.5, 0.6) is 5.75 Å². The summed E-state index contributed by atoms with van der Waals surface area (Å²) in [6.45, 7) is 12.7. The van der Waals surface area contributed by atoms with Crippen LogP contribution in [0.25, 0.3) is 22.5 Å². The maximum atomic E-state index is 13.1. The molecule has 0 saturated carbocycles. The van der Waals surface area contributed by atoms with Crippen LogP contribution in [0.4, 0.5) is 0 Å².